The Balaban J connectivity index is 1.20. The number of nitrogens with zero attached hydrogens (tertiary/aromatic N) is 3. The zero-order valence-electron chi connectivity index (χ0n) is 22.3. The summed E-state index contributed by atoms with van der Waals surface area (Å²) >= 11 is 1.22. The third kappa shape index (κ3) is 7.37. The second kappa shape index (κ2) is 13.6. The van der Waals surface area contributed by atoms with Crippen LogP contribution in [0.5, 0.6) is 0 Å². The number of ether oxygens (including phenoxy) is 2. The number of nitrogens with one attached hydrogen (secondary N) is 2. The first kappa shape index (κ1) is 30.8. The molecule has 0 bridgehead atoms. The highest BCUT2D eigenvalue weighted by Gasteiger charge is 2.56. The van der Waals surface area contributed by atoms with E-state index in [-0.39, 0.29) is 42.2 Å². The van der Waals surface area contributed by atoms with Crippen LogP contribution in [0.3, 0.4) is 0 Å². The quantitative estimate of drug-likeness (QED) is 0.128. The minimum absolute atomic E-state index is 0.0758. The Labute approximate surface area is 247 Å². The molecule has 43 heavy (non-hydrogen) atoms. The monoisotopic (exact) mass is 615 g/mol. The number of para-hydroxylation sites is 1. The predicted molar refractivity (Wildman–Crippen MR) is 148 cm³/mol. The van der Waals surface area contributed by atoms with Crippen molar-refractivity contribution in [2.24, 2.45) is 0 Å². The number of benzene rings is 2. The molecule has 1 saturated heterocycles. The summed E-state index contributed by atoms with van der Waals surface area (Å²) in [7, 11) is 0. The van der Waals surface area contributed by atoms with Crippen LogP contribution < -0.4 is 10.6 Å². The van der Waals surface area contributed by atoms with Crippen LogP contribution in [0.4, 0.5) is 21.0 Å². The van der Waals surface area contributed by atoms with Gasteiger partial charge < -0.3 is 25.2 Å². The maximum atomic E-state index is 12.7. The van der Waals surface area contributed by atoms with E-state index in [9.17, 15) is 44.5 Å². The highest BCUT2D eigenvalue weighted by Crippen LogP contribution is 2.43. The third-order valence-corrected chi connectivity index (χ3v) is 7.73. The van der Waals surface area contributed by atoms with E-state index in [1.54, 1.807) is 6.07 Å². The van der Waals surface area contributed by atoms with Gasteiger partial charge in [-0.15, -0.1) is 11.8 Å². The number of amides is 3. The molecule has 226 valence electrons. The molecule has 17 heteroatoms. The van der Waals surface area contributed by atoms with Crippen LogP contribution in [0.25, 0.3) is 0 Å². The highest BCUT2D eigenvalue weighted by atomic mass is 32.2. The van der Waals surface area contributed by atoms with Gasteiger partial charge in [0.1, 0.15) is 25.0 Å². The van der Waals surface area contributed by atoms with E-state index in [0.29, 0.717) is 22.6 Å². The first-order chi connectivity index (χ1) is 20.6. The van der Waals surface area contributed by atoms with Crippen molar-refractivity contribution in [3.8, 4) is 0 Å². The van der Waals surface area contributed by atoms with Crippen LogP contribution >= 0.6 is 11.8 Å². The molecule has 0 saturated carbocycles. The molecule has 2 aromatic carbocycles. The molecule has 0 aromatic heterocycles. The summed E-state index contributed by atoms with van der Waals surface area (Å²) in [5, 5.41) is 36.5. The number of carbonyl (C=O) groups is 4. The lowest BCUT2D eigenvalue weighted by Crippen LogP contribution is -2.68. The van der Waals surface area contributed by atoms with E-state index >= 15 is 0 Å². The van der Waals surface area contributed by atoms with E-state index < -0.39 is 52.6 Å². The number of aliphatic carboxylic acids is 1. The van der Waals surface area contributed by atoms with Crippen LogP contribution in [0.1, 0.15) is 24.0 Å². The lowest BCUT2D eigenvalue weighted by Gasteiger charge is -2.42. The van der Waals surface area contributed by atoms with Crippen molar-refractivity contribution in [2.75, 3.05) is 12.3 Å². The molecule has 2 aliphatic rings. The second-order valence-corrected chi connectivity index (χ2v) is 10.5. The number of hydrogen-bond donors (Lipinski definition) is 3. The number of β-lactam (4-membered cyclic amide) rings is 1. The Morgan fingerprint density at radius 1 is 1.00 bits per heavy atom. The van der Waals surface area contributed by atoms with Crippen molar-refractivity contribution >= 4 is 47.2 Å². The van der Waals surface area contributed by atoms with Gasteiger partial charge >= 0.3 is 18.2 Å². The normalized spacial score (nSPS) is 17.0. The fourth-order valence-electron chi connectivity index (χ4n) is 4.45. The molecule has 2 aliphatic heterocycles. The van der Waals surface area contributed by atoms with Gasteiger partial charge in [0, 0.05) is 36.1 Å². The average Bonchev–Trinajstić information content (AvgIpc) is 3.33. The van der Waals surface area contributed by atoms with E-state index in [1.165, 1.54) is 54.2 Å². The average molecular weight is 616 g/mol. The first-order valence-electron chi connectivity index (χ1n) is 12.8. The van der Waals surface area contributed by atoms with Crippen LogP contribution in [0, 0.1) is 20.2 Å². The van der Waals surface area contributed by atoms with Crippen molar-refractivity contribution in [1.29, 1.82) is 0 Å². The standard InChI is InChI=1S/C26H25N5O11S/c32-23-21(28-26(36)42-14-16-4-1-2-5-18(16)31(39)40)19-12-20(22(24(33)34)29(19)23)43-11-3-10-27-25(35)41-13-15-6-8-17(9-7-15)30(37)38/h1-2,4-9,19,21H,3,10-14H2,(H,27,35)(H,28,36)(H,33,34). The Hall–Kier alpha value is -5.19. The Morgan fingerprint density at radius 3 is 2.37 bits per heavy atom. The number of nitro groups is 2. The maximum Gasteiger partial charge on any atom is 0.408 e. The zero-order chi connectivity index (χ0) is 31.1. The number of thioether (sulfide) groups is 1. The number of alkyl carbamates (subject to hydrolysis) is 2. The summed E-state index contributed by atoms with van der Waals surface area (Å²) in [4.78, 5) is 71.1. The Bertz CT molecular complexity index is 1480. The summed E-state index contributed by atoms with van der Waals surface area (Å²) in [5.41, 5.74) is 0.286. The number of carboxylic acids is 1. The fourth-order valence-corrected chi connectivity index (χ4v) is 5.60. The van der Waals surface area contributed by atoms with Gasteiger partial charge in [0.15, 0.2) is 0 Å². The lowest BCUT2D eigenvalue weighted by atomic mass is 9.95. The van der Waals surface area contributed by atoms with Crippen LogP contribution in [0.2, 0.25) is 0 Å². The smallest absolute Gasteiger partial charge is 0.408 e. The summed E-state index contributed by atoms with van der Waals surface area (Å²) in [6.07, 6.45) is -1.02. The molecule has 3 N–H and O–H groups in total. The number of carbonyl (C=O) groups excluding carboxylic acids is 3. The lowest BCUT2D eigenvalue weighted by molar-refractivity contribution is -0.385. The second-order valence-electron chi connectivity index (χ2n) is 9.27. The van der Waals surface area contributed by atoms with E-state index in [0.717, 1.165) is 4.90 Å². The Morgan fingerprint density at radius 2 is 1.70 bits per heavy atom. The van der Waals surface area contributed by atoms with E-state index in [1.807, 2.05) is 0 Å². The van der Waals surface area contributed by atoms with Gasteiger partial charge in [-0.1, -0.05) is 12.1 Å². The SMILES string of the molecule is O=C(NCCCSC1=C(C(=O)O)N2C(=O)C(NC(=O)OCc3ccccc3[N+](=O)[O-])C2C1)OCc1ccc([N+](=O)[O-])cc1. The zero-order valence-corrected chi connectivity index (χ0v) is 23.1. The van der Waals surface area contributed by atoms with E-state index in [4.69, 9.17) is 9.47 Å². The fraction of sp³-hybridized carbons (Fsp3) is 0.308. The molecule has 16 nitrogen and oxygen atoms in total. The van der Waals surface area contributed by atoms with Crippen molar-refractivity contribution in [3.63, 3.8) is 0 Å². The van der Waals surface area contributed by atoms with Gasteiger partial charge in [-0.3, -0.25) is 29.9 Å². The van der Waals surface area contributed by atoms with Crippen molar-refractivity contribution < 1.29 is 43.6 Å². The van der Waals surface area contributed by atoms with Gasteiger partial charge in [0.2, 0.25) is 0 Å². The van der Waals surface area contributed by atoms with E-state index in [2.05, 4.69) is 10.6 Å². The Kier molecular flexibility index (Phi) is 9.76. The maximum absolute atomic E-state index is 12.7. The number of rotatable bonds is 13. The number of nitro benzene ring substituents is 2. The van der Waals surface area contributed by atoms with Gasteiger partial charge in [-0.05, 0) is 35.9 Å². The summed E-state index contributed by atoms with van der Waals surface area (Å²) < 4.78 is 10.1. The predicted octanol–water partition coefficient (Wildman–Crippen LogP) is 3.06. The van der Waals surface area contributed by atoms with Gasteiger partial charge in [-0.2, -0.15) is 0 Å². The number of non-ortho nitro benzene ring substituents is 1. The molecule has 1 fully saturated rings. The van der Waals surface area contributed by atoms with Gasteiger partial charge in [-0.25, -0.2) is 14.4 Å². The first-order valence-corrected chi connectivity index (χ1v) is 13.8. The molecule has 0 spiro atoms. The molecule has 2 aromatic rings. The minimum atomic E-state index is -1.29. The molecule has 2 unspecified atom stereocenters. The van der Waals surface area contributed by atoms with Gasteiger partial charge in [0.05, 0.1) is 21.5 Å². The number of fused-ring (bicyclic) bond motifs is 1. The largest absolute Gasteiger partial charge is 0.477 e. The summed E-state index contributed by atoms with van der Waals surface area (Å²) in [6.45, 7) is -0.242. The van der Waals surface area contributed by atoms with Crippen LogP contribution in [-0.2, 0) is 32.3 Å². The molecule has 2 heterocycles. The number of hydrogen-bond acceptors (Lipinski definition) is 11. The molecule has 0 aliphatic carbocycles. The number of carboxylic acid groups (broad SMARTS) is 1. The van der Waals surface area contributed by atoms with Crippen molar-refractivity contribution in [2.45, 2.75) is 38.1 Å². The highest BCUT2D eigenvalue weighted by molar-refractivity contribution is 8.03. The third-order valence-electron chi connectivity index (χ3n) is 6.53. The van der Waals surface area contributed by atoms with Crippen LogP contribution in [0.15, 0.2) is 59.1 Å². The summed E-state index contributed by atoms with van der Waals surface area (Å²) in [6, 6.07) is 9.67. The molecule has 4 rings (SSSR count). The minimum Gasteiger partial charge on any atom is -0.477 e. The topological polar surface area (TPSA) is 221 Å². The van der Waals surface area contributed by atoms with Gasteiger partial charge in [0.25, 0.3) is 17.3 Å². The van der Waals surface area contributed by atoms with Crippen LogP contribution in [-0.4, -0.2) is 68.3 Å². The molecule has 3 amide bonds. The summed E-state index contributed by atoms with van der Waals surface area (Å²) in [5.74, 6) is -1.48. The van der Waals surface area contributed by atoms with Crippen molar-refractivity contribution in [1.82, 2.24) is 15.5 Å². The molecule has 2 atom stereocenters. The van der Waals surface area contributed by atoms with Crippen molar-refractivity contribution in [3.05, 3.63) is 90.5 Å². The molecular formula is C26H25N5O11S. The molecule has 0 radical (unpaired) electrons. The molecular weight excluding hydrogens is 590 g/mol.